The third-order valence-corrected chi connectivity index (χ3v) is 5.28. The number of amides is 1. The van der Waals surface area contributed by atoms with Crippen LogP contribution in [0.25, 0.3) is 16.4 Å². The third kappa shape index (κ3) is 4.99. The van der Waals surface area contributed by atoms with Crippen molar-refractivity contribution in [3.05, 3.63) is 93.1 Å². The average molecular weight is 486 g/mol. The van der Waals surface area contributed by atoms with Crippen LogP contribution in [0.3, 0.4) is 0 Å². The highest BCUT2D eigenvalue weighted by molar-refractivity contribution is 7.12. The molecule has 0 unspecified atom stereocenters. The minimum absolute atomic E-state index is 0.0658. The highest BCUT2D eigenvalue weighted by Crippen LogP contribution is 2.33. The number of halogens is 3. The van der Waals surface area contributed by atoms with E-state index in [1.165, 1.54) is 35.9 Å². The number of rotatable bonds is 6. The van der Waals surface area contributed by atoms with Gasteiger partial charge in [-0.1, -0.05) is 30.3 Å². The molecule has 4 aromatic rings. The quantitative estimate of drug-likeness (QED) is 0.241. The third-order valence-electron chi connectivity index (χ3n) is 4.46. The van der Waals surface area contributed by atoms with Gasteiger partial charge in [-0.3, -0.25) is 14.9 Å². The Hall–Kier alpha value is -4.39. The number of nitrogens with one attached hydrogen (secondary N) is 1. The molecule has 4 rings (SSSR count). The molecule has 1 N–H and O–H groups in total. The molecule has 0 radical (unpaired) electrons. The van der Waals surface area contributed by atoms with Crippen LogP contribution in [0.2, 0.25) is 0 Å². The molecule has 0 aliphatic heterocycles. The summed E-state index contributed by atoms with van der Waals surface area (Å²) >= 11 is 0.943. The number of benzene rings is 2. The fraction of sp³-hybridized carbons (Fsp3) is 0.0476. The van der Waals surface area contributed by atoms with Crippen LogP contribution >= 0.6 is 11.3 Å². The molecule has 0 atom stereocenters. The monoisotopic (exact) mass is 486 g/mol. The van der Waals surface area contributed by atoms with Crippen molar-refractivity contribution in [1.29, 1.82) is 0 Å². The van der Waals surface area contributed by atoms with Crippen molar-refractivity contribution in [2.75, 3.05) is 0 Å². The number of thiazole rings is 1. The van der Waals surface area contributed by atoms with E-state index in [-0.39, 0.29) is 22.2 Å². The van der Waals surface area contributed by atoms with E-state index in [2.05, 4.69) is 20.6 Å². The standard InChI is InChI=1S/C21H13F3N6O3S/c22-21(23,24)18-10-17(14-4-2-1-3-5-14)29(28-18)20-26-16(12-34-20)19(31)27-25-11-13-6-8-15(9-7-13)30(32)33/h1-12H,(H,27,31). The molecular weight excluding hydrogens is 473 g/mol. The number of hydrogen-bond donors (Lipinski definition) is 1. The zero-order valence-electron chi connectivity index (χ0n) is 16.9. The van der Waals surface area contributed by atoms with Gasteiger partial charge in [-0.25, -0.2) is 15.1 Å². The highest BCUT2D eigenvalue weighted by atomic mass is 32.1. The zero-order valence-corrected chi connectivity index (χ0v) is 17.7. The molecule has 0 fully saturated rings. The Labute approximate surface area is 193 Å². The lowest BCUT2D eigenvalue weighted by atomic mass is 10.1. The van der Waals surface area contributed by atoms with Gasteiger partial charge in [0.05, 0.1) is 16.8 Å². The smallest absolute Gasteiger partial charge is 0.266 e. The summed E-state index contributed by atoms with van der Waals surface area (Å²) < 4.78 is 40.9. The van der Waals surface area contributed by atoms with Crippen molar-refractivity contribution in [2.24, 2.45) is 5.10 Å². The predicted molar refractivity (Wildman–Crippen MR) is 118 cm³/mol. The van der Waals surface area contributed by atoms with Crippen LogP contribution in [0.15, 0.2) is 71.1 Å². The number of non-ortho nitro benzene ring substituents is 1. The first kappa shape index (κ1) is 22.8. The summed E-state index contributed by atoms with van der Waals surface area (Å²) in [6.45, 7) is 0. The largest absolute Gasteiger partial charge is 0.435 e. The van der Waals surface area contributed by atoms with Gasteiger partial charge in [0, 0.05) is 23.1 Å². The topological polar surface area (TPSA) is 115 Å². The summed E-state index contributed by atoms with van der Waals surface area (Å²) in [5.74, 6) is -0.690. The van der Waals surface area contributed by atoms with Gasteiger partial charge in [0.1, 0.15) is 5.69 Å². The molecular formula is C21H13F3N6O3S. The molecule has 2 aromatic carbocycles. The van der Waals surface area contributed by atoms with Crippen molar-refractivity contribution < 1.29 is 22.9 Å². The van der Waals surface area contributed by atoms with Crippen molar-refractivity contribution >= 4 is 29.1 Å². The van der Waals surface area contributed by atoms with Gasteiger partial charge < -0.3 is 0 Å². The molecule has 0 saturated carbocycles. The summed E-state index contributed by atoms with van der Waals surface area (Å²) in [6.07, 6.45) is -3.37. The summed E-state index contributed by atoms with van der Waals surface area (Å²) in [5.41, 5.74) is 2.20. The van der Waals surface area contributed by atoms with Crippen LogP contribution in [0.1, 0.15) is 21.7 Å². The number of nitro benzene ring substituents is 1. The first-order valence-electron chi connectivity index (χ1n) is 9.49. The van der Waals surface area contributed by atoms with Crippen LogP contribution in [0.5, 0.6) is 0 Å². The van der Waals surface area contributed by atoms with Gasteiger partial charge >= 0.3 is 6.18 Å². The first-order valence-corrected chi connectivity index (χ1v) is 10.4. The molecule has 0 spiro atoms. The van der Waals surface area contributed by atoms with E-state index in [0.717, 1.165) is 22.1 Å². The first-order chi connectivity index (χ1) is 16.2. The number of hydrogen-bond acceptors (Lipinski definition) is 7. The maximum absolute atomic E-state index is 13.3. The number of carbonyl (C=O) groups excluding carboxylic acids is 1. The van der Waals surface area contributed by atoms with Gasteiger partial charge in [-0.05, 0) is 23.8 Å². The van der Waals surface area contributed by atoms with E-state index in [4.69, 9.17) is 0 Å². The van der Waals surface area contributed by atoms with Crippen LogP contribution in [0, 0.1) is 10.1 Å². The highest BCUT2D eigenvalue weighted by Gasteiger charge is 2.35. The van der Waals surface area contributed by atoms with Gasteiger partial charge in [-0.15, -0.1) is 11.3 Å². The van der Waals surface area contributed by atoms with Crippen LogP contribution < -0.4 is 5.43 Å². The van der Waals surface area contributed by atoms with Crippen LogP contribution in [-0.2, 0) is 6.18 Å². The van der Waals surface area contributed by atoms with Crippen molar-refractivity contribution in [3.63, 3.8) is 0 Å². The SMILES string of the molecule is O=C(NN=Cc1ccc([N+](=O)[O-])cc1)c1csc(-n2nc(C(F)(F)F)cc2-c2ccccc2)n1. The van der Waals surface area contributed by atoms with E-state index in [1.807, 2.05) is 0 Å². The number of hydrazone groups is 1. The second-order valence-corrected chi connectivity index (χ2v) is 7.59. The number of nitrogens with zero attached hydrogens (tertiary/aromatic N) is 5. The van der Waals surface area contributed by atoms with Gasteiger partial charge in [0.15, 0.2) is 5.69 Å². The fourth-order valence-electron chi connectivity index (χ4n) is 2.85. The van der Waals surface area contributed by atoms with Gasteiger partial charge in [-0.2, -0.15) is 23.4 Å². The van der Waals surface area contributed by atoms with Gasteiger partial charge in [0.25, 0.3) is 11.6 Å². The molecule has 34 heavy (non-hydrogen) atoms. The normalized spacial score (nSPS) is 11.6. The number of carbonyl (C=O) groups is 1. The maximum Gasteiger partial charge on any atom is 0.435 e. The van der Waals surface area contributed by atoms with Crippen molar-refractivity contribution in [2.45, 2.75) is 6.18 Å². The lowest BCUT2D eigenvalue weighted by Gasteiger charge is -2.03. The summed E-state index contributed by atoms with van der Waals surface area (Å²) in [6, 6.07) is 14.8. The molecule has 1 amide bonds. The average Bonchev–Trinajstić information content (AvgIpc) is 3.47. The predicted octanol–water partition coefficient (Wildman–Crippen LogP) is 4.69. The summed E-state index contributed by atoms with van der Waals surface area (Å²) in [7, 11) is 0. The van der Waals surface area contributed by atoms with Crippen LogP contribution in [-0.4, -0.2) is 31.8 Å². The molecule has 172 valence electrons. The lowest BCUT2D eigenvalue weighted by Crippen LogP contribution is -2.18. The Kier molecular flexibility index (Phi) is 6.19. The minimum Gasteiger partial charge on any atom is -0.266 e. The maximum atomic E-state index is 13.3. The van der Waals surface area contributed by atoms with E-state index in [9.17, 15) is 28.1 Å². The van der Waals surface area contributed by atoms with Crippen LogP contribution in [0.4, 0.5) is 18.9 Å². The molecule has 2 heterocycles. The Morgan fingerprint density at radius 2 is 1.85 bits per heavy atom. The van der Waals surface area contributed by atoms with E-state index < -0.39 is 22.7 Å². The number of aromatic nitrogens is 3. The molecule has 0 bridgehead atoms. The van der Waals surface area contributed by atoms with E-state index >= 15 is 0 Å². The van der Waals surface area contributed by atoms with E-state index in [1.54, 1.807) is 30.3 Å². The Balaban J connectivity index is 1.54. The lowest BCUT2D eigenvalue weighted by molar-refractivity contribution is -0.384. The summed E-state index contributed by atoms with van der Waals surface area (Å²) in [4.78, 5) is 26.6. The van der Waals surface area contributed by atoms with Gasteiger partial charge in [0.2, 0.25) is 5.13 Å². The number of nitro groups is 1. The molecule has 0 saturated heterocycles. The van der Waals surface area contributed by atoms with Crippen molar-refractivity contribution in [3.8, 4) is 16.4 Å². The molecule has 0 aliphatic carbocycles. The van der Waals surface area contributed by atoms with E-state index in [0.29, 0.717) is 11.1 Å². The fourth-order valence-corrected chi connectivity index (χ4v) is 3.62. The molecule has 9 nitrogen and oxygen atoms in total. The second-order valence-electron chi connectivity index (χ2n) is 6.75. The summed E-state index contributed by atoms with van der Waals surface area (Å²) in [5, 5.41) is 19.5. The Bertz CT molecular complexity index is 1360. The Morgan fingerprint density at radius 3 is 2.50 bits per heavy atom. The zero-order chi connectivity index (χ0) is 24.3. The Morgan fingerprint density at radius 1 is 1.15 bits per heavy atom. The molecule has 0 aliphatic rings. The second kappa shape index (κ2) is 9.23. The van der Waals surface area contributed by atoms with Crippen molar-refractivity contribution in [1.82, 2.24) is 20.2 Å². The number of alkyl halides is 3. The molecule has 13 heteroatoms. The molecule has 2 aromatic heterocycles. The minimum atomic E-state index is -4.65.